The Bertz CT molecular complexity index is 718. The van der Waals surface area contributed by atoms with Crippen LogP contribution in [0.2, 0.25) is 0 Å². The molecule has 1 aromatic carbocycles. The summed E-state index contributed by atoms with van der Waals surface area (Å²) in [6, 6.07) is 9.16. The van der Waals surface area contributed by atoms with Crippen LogP contribution < -0.4 is 5.73 Å². The van der Waals surface area contributed by atoms with E-state index in [4.69, 9.17) is 5.73 Å². The van der Waals surface area contributed by atoms with E-state index in [0.29, 0.717) is 18.1 Å². The van der Waals surface area contributed by atoms with Crippen LogP contribution in [-0.4, -0.2) is 49.8 Å². The molecule has 0 radical (unpaired) electrons. The Morgan fingerprint density at radius 1 is 1.25 bits per heavy atom. The molecule has 2 aromatic rings. The lowest BCUT2D eigenvalue weighted by Gasteiger charge is -2.33. The van der Waals surface area contributed by atoms with Crippen LogP contribution in [0.15, 0.2) is 41.8 Å². The summed E-state index contributed by atoms with van der Waals surface area (Å²) >= 11 is 1.27. The molecular weight excluding hydrogens is 326 g/mol. The average Bonchev–Trinajstić information content (AvgIpc) is 3.09. The SMILES string of the molecule is NC(=O)C1CCCCN1C(=O)CSc1ncn(-c2ccccc2)n1. The lowest BCUT2D eigenvalue weighted by atomic mass is 10.0. The van der Waals surface area contributed by atoms with Gasteiger partial charge in [-0.05, 0) is 31.4 Å². The topological polar surface area (TPSA) is 94.1 Å². The summed E-state index contributed by atoms with van der Waals surface area (Å²) in [4.78, 5) is 29.7. The van der Waals surface area contributed by atoms with Crippen molar-refractivity contribution in [2.24, 2.45) is 5.73 Å². The average molecular weight is 345 g/mol. The first-order valence-electron chi connectivity index (χ1n) is 7.84. The number of aromatic nitrogens is 3. The number of hydrogen-bond donors (Lipinski definition) is 1. The molecule has 0 saturated carbocycles. The molecule has 7 nitrogen and oxygen atoms in total. The van der Waals surface area contributed by atoms with Crippen LogP contribution in [0.5, 0.6) is 0 Å². The zero-order valence-electron chi connectivity index (χ0n) is 13.2. The van der Waals surface area contributed by atoms with E-state index in [1.807, 2.05) is 30.3 Å². The predicted molar refractivity (Wildman–Crippen MR) is 90.6 cm³/mol. The van der Waals surface area contributed by atoms with Gasteiger partial charge in [0.05, 0.1) is 11.4 Å². The number of nitrogens with two attached hydrogens (primary N) is 1. The maximum atomic E-state index is 12.4. The Labute approximate surface area is 144 Å². The van der Waals surface area contributed by atoms with Crippen molar-refractivity contribution >= 4 is 23.6 Å². The molecule has 0 spiro atoms. The lowest BCUT2D eigenvalue weighted by molar-refractivity contribution is -0.138. The minimum atomic E-state index is -0.485. The van der Waals surface area contributed by atoms with E-state index in [0.717, 1.165) is 18.5 Å². The van der Waals surface area contributed by atoms with Crippen LogP contribution in [0.1, 0.15) is 19.3 Å². The Balaban J connectivity index is 1.60. The zero-order chi connectivity index (χ0) is 16.9. The maximum Gasteiger partial charge on any atom is 0.240 e. The number of piperidine rings is 1. The number of rotatable bonds is 5. The minimum Gasteiger partial charge on any atom is -0.368 e. The molecule has 1 fully saturated rings. The zero-order valence-corrected chi connectivity index (χ0v) is 14.0. The second kappa shape index (κ2) is 7.48. The van der Waals surface area contributed by atoms with E-state index < -0.39 is 11.9 Å². The first kappa shape index (κ1) is 16.5. The number of thioether (sulfide) groups is 1. The molecule has 2 heterocycles. The Morgan fingerprint density at radius 2 is 2.04 bits per heavy atom. The fraction of sp³-hybridized carbons (Fsp3) is 0.375. The molecule has 2 amide bonds. The summed E-state index contributed by atoms with van der Waals surface area (Å²) in [5, 5.41) is 4.89. The number of carbonyl (C=O) groups excluding carboxylic acids is 2. The number of nitrogens with zero attached hydrogens (tertiary/aromatic N) is 4. The molecule has 1 unspecified atom stereocenters. The van der Waals surface area contributed by atoms with E-state index in [2.05, 4.69) is 10.1 Å². The predicted octanol–water partition coefficient (Wildman–Crippen LogP) is 1.23. The van der Waals surface area contributed by atoms with Crippen LogP contribution in [0.4, 0.5) is 0 Å². The van der Waals surface area contributed by atoms with Crippen molar-refractivity contribution < 1.29 is 9.59 Å². The summed E-state index contributed by atoms with van der Waals surface area (Å²) in [5.41, 5.74) is 6.31. The summed E-state index contributed by atoms with van der Waals surface area (Å²) in [6.45, 7) is 0.582. The molecule has 0 aliphatic carbocycles. The first-order chi connectivity index (χ1) is 11.6. The largest absolute Gasteiger partial charge is 0.368 e. The standard InChI is InChI=1S/C16H19N5O2S/c17-15(23)13-8-4-5-9-20(13)14(22)10-24-16-18-11-21(19-16)12-6-2-1-3-7-12/h1-3,6-7,11,13H,4-5,8-10H2,(H2,17,23). The summed E-state index contributed by atoms with van der Waals surface area (Å²) in [6.07, 6.45) is 4.09. The van der Waals surface area contributed by atoms with Crippen LogP contribution in [-0.2, 0) is 9.59 Å². The summed E-state index contributed by atoms with van der Waals surface area (Å²) in [7, 11) is 0. The van der Waals surface area contributed by atoms with Gasteiger partial charge in [0.15, 0.2) is 0 Å². The van der Waals surface area contributed by atoms with E-state index in [1.54, 1.807) is 15.9 Å². The van der Waals surface area contributed by atoms with Gasteiger partial charge in [-0.25, -0.2) is 9.67 Å². The smallest absolute Gasteiger partial charge is 0.240 e. The lowest BCUT2D eigenvalue weighted by Crippen LogP contribution is -2.51. The van der Waals surface area contributed by atoms with Gasteiger partial charge in [-0.2, -0.15) is 0 Å². The molecular formula is C16H19N5O2S. The second-order valence-corrected chi connectivity index (χ2v) is 6.54. The van der Waals surface area contributed by atoms with Crippen molar-refractivity contribution in [1.29, 1.82) is 0 Å². The molecule has 1 atom stereocenters. The van der Waals surface area contributed by atoms with Crippen molar-refractivity contribution in [3.8, 4) is 5.69 Å². The van der Waals surface area contributed by atoms with Gasteiger partial charge in [0, 0.05) is 6.54 Å². The quantitative estimate of drug-likeness (QED) is 0.823. The van der Waals surface area contributed by atoms with Crippen molar-refractivity contribution in [3.05, 3.63) is 36.7 Å². The fourth-order valence-electron chi connectivity index (χ4n) is 2.75. The highest BCUT2D eigenvalue weighted by Crippen LogP contribution is 2.20. The molecule has 1 aliphatic rings. The highest BCUT2D eigenvalue weighted by molar-refractivity contribution is 7.99. The van der Waals surface area contributed by atoms with Crippen LogP contribution in [0.3, 0.4) is 0 Å². The fourth-order valence-corrected chi connectivity index (χ4v) is 3.44. The van der Waals surface area contributed by atoms with Gasteiger partial charge in [0.2, 0.25) is 17.0 Å². The first-order valence-corrected chi connectivity index (χ1v) is 8.82. The summed E-state index contributed by atoms with van der Waals surface area (Å²) < 4.78 is 1.67. The molecule has 1 aliphatic heterocycles. The molecule has 2 N–H and O–H groups in total. The molecule has 1 saturated heterocycles. The monoisotopic (exact) mass is 345 g/mol. The van der Waals surface area contributed by atoms with Gasteiger partial charge < -0.3 is 10.6 Å². The number of hydrogen-bond acceptors (Lipinski definition) is 5. The molecule has 24 heavy (non-hydrogen) atoms. The van der Waals surface area contributed by atoms with Crippen molar-refractivity contribution in [1.82, 2.24) is 19.7 Å². The van der Waals surface area contributed by atoms with Gasteiger partial charge in [-0.3, -0.25) is 9.59 Å². The molecule has 126 valence electrons. The van der Waals surface area contributed by atoms with Crippen LogP contribution in [0, 0.1) is 0 Å². The van der Waals surface area contributed by atoms with E-state index in [9.17, 15) is 9.59 Å². The number of benzene rings is 1. The number of amides is 2. The third-order valence-corrected chi connectivity index (χ3v) is 4.80. The van der Waals surface area contributed by atoms with Crippen molar-refractivity contribution in [3.63, 3.8) is 0 Å². The highest BCUT2D eigenvalue weighted by Gasteiger charge is 2.30. The number of primary amides is 1. The molecule has 0 bridgehead atoms. The third-order valence-electron chi connectivity index (χ3n) is 3.97. The molecule has 1 aromatic heterocycles. The molecule has 3 rings (SSSR count). The Kier molecular flexibility index (Phi) is 5.14. The maximum absolute atomic E-state index is 12.4. The minimum absolute atomic E-state index is 0.0976. The van der Waals surface area contributed by atoms with Crippen LogP contribution in [0.25, 0.3) is 5.69 Å². The highest BCUT2D eigenvalue weighted by atomic mass is 32.2. The normalized spacial score (nSPS) is 17.7. The van der Waals surface area contributed by atoms with Gasteiger partial charge >= 0.3 is 0 Å². The number of likely N-dealkylation sites (tertiary alicyclic amines) is 1. The van der Waals surface area contributed by atoms with Gasteiger partial charge in [-0.15, -0.1) is 5.10 Å². The van der Waals surface area contributed by atoms with Gasteiger partial charge in [-0.1, -0.05) is 30.0 Å². The number of carbonyl (C=O) groups is 2. The van der Waals surface area contributed by atoms with Gasteiger partial charge in [0.1, 0.15) is 12.4 Å². The Hall–Kier alpha value is -2.35. The number of para-hydroxylation sites is 1. The molecule has 8 heteroatoms. The van der Waals surface area contributed by atoms with Crippen molar-refractivity contribution in [2.45, 2.75) is 30.5 Å². The van der Waals surface area contributed by atoms with Crippen LogP contribution >= 0.6 is 11.8 Å². The van der Waals surface area contributed by atoms with E-state index >= 15 is 0 Å². The van der Waals surface area contributed by atoms with Gasteiger partial charge in [0.25, 0.3) is 0 Å². The van der Waals surface area contributed by atoms with E-state index in [1.165, 1.54) is 11.8 Å². The summed E-state index contributed by atoms with van der Waals surface area (Å²) in [5.74, 6) is -0.332. The van der Waals surface area contributed by atoms with E-state index in [-0.39, 0.29) is 11.7 Å². The Morgan fingerprint density at radius 3 is 2.79 bits per heavy atom. The second-order valence-electron chi connectivity index (χ2n) is 5.60. The van der Waals surface area contributed by atoms with Crippen molar-refractivity contribution in [2.75, 3.05) is 12.3 Å². The third kappa shape index (κ3) is 3.76.